The monoisotopic (exact) mass is 388 g/mol. The van der Waals surface area contributed by atoms with Gasteiger partial charge in [0.05, 0.1) is 5.60 Å². The minimum absolute atomic E-state index is 0.0244. The maximum absolute atomic E-state index is 12.2. The second-order valence-corrected chi connectivity index (χ2v) is 9.20. The van der Waals surface area contributed by atoms with Crippen LogP contribution in [0.5, 0.6) is 0 Å². The first-order valence-corrected chi connectivity index (χ1v) is 10.5. The number of hydrogen-bond acceptors (Lipinski definition) is 5. The fourth-order valence-electron chi connectivity index (χ4n) is 4.60. The Morgan fingerprint density at radius 2 is 2.07 bits per heavy atom. The third kappa shape index (κ3) is 3.63. The van der Waals surface area contributed by atoms with Crippen molar-refractivity contribution in [1.82, 2.24) is 9.80 Å². The number of ether oxygens (including phenoxy) is 1. The van der Waals surface area contributed by atoms with Crippen LogP contribution in [0.3, 0.4) is 0 Å². The third-order valence-corrected chi connectivity index (χ3v) is 7.39. The molecule has 0 radical (unpaired) electrons. The predicted molar refractivity (Wildman–Crippen MR) is 108 cm³/mol. The fraction of sp³-hybridized carbons (Fsp3) is 0.571. The third-order valence-electron chi connectivity index (χ3n) is 6.26. The molecular formula is C21H28N2O3S. The highest BCUT2D eigenvalue weighted by Gasteiger charge is 2.45. The summed E-state index contributed by atoms with van der Waals surface area (Å²) >= 11 is 1.86. The van der Waals surface area contributed by atoms with Gasteiger partial charge in [0, 0.05) is 55.3 Å². The van der Waals surface area contributed by atoms with Crippen molar-refractivity contribution >= 4 is 27.3 Å². The molecule has 5 nitrogen and oxygen atoms in total. The molecule has 3 heterocycles. The number of piperidine rings is 2. The summed E-state index contributed by atoms with van der Waals surface area (Å²) in [5.41, 5.74) is 0.774. The van der Waals surface area contributed by atoms with Gasteiger partial charge in [-0.25, -0.2) is 0 Å². The highest BCUT2D eigenvalue weighted by atomic mass is 32.1. The standard InChI is InChI=1S/C21H28N2O3S/c1-15-18(17-5-3-4-6-19(17)27-15)13-22-9-7-21(25)8-10-23(12-16(21)11-22)20(24)14-26-2/h3-6,16,25H,7-14H2,1-2H3/t16-,21-/m1/s1. The van der Waals surface area contributed by atoms with E-state index >= 15 is 0 Å². The summed E-state index contributed by atoms with van der Waals surface area (Å²) in [7, 11) is 1.55. The van der Waals surface area contributed by atoms with Crippen molar-refractivity contribution in [3.63, 3.8) is 0 Å². The summed E-state index contributed by atoms with van der Waals surface area (Å²) < 4.78 is 6.34. The maximum Gasteiger partial charge on any atom is 0.248 e. The fourth-order valence-corrected chi connectivity index (χ4v) is 5.67. The van der Waals surface area contributed by atoms with Gasteiger partial charge in [0.15, 0.2) is 0 Å². The number of amides is 1. The Morgan fingerprint density at radius 3 is 2.89 bits per heavy atom. The Bertz CT molecular complexity index is 836. The van der Waals surface area contributed by atoms with Crippen LogP contribution in [0.1, 0.15) is 23.3 Å². The highest BCUT2D eigenvalue weighted by Crippen LogP contribution is 2.37. The average molecular weight is 389 g/mol. The molecule has 2 aliphatic heterocycles. The summed E-state index contributed by atoms with van der Waals surface area (Å²) in [5.74, 6) is 0.127. The van der Waals surface area contributed by atoms with E-state index in [9.17, 15) is 9.90 Å². The Balaban J connectivity index is 1.48. The van der Waals surface area contributed by atoms with Gasteiger partial charge in [-0.3, -0.25) is 9.69 Å². The molecule has 1 aromatic carbocycles. The molecule has 0 aliphatic carbocycles. The quantitative estimate of drug-likeness (QED) is 0.875. The molecule has 0 saturated carbocycles. The SMILES string of the molecule is COCC(=O)N1CC[C@]2(O)CCN(Cc3c(C)sc4ccccc34)C[C@@H]2C1. The maximum atomic E-state index is 12.2. The van der Waals surface area contributed by atoms with Crippen LogP contribution in [0.15, 0.2) is 24.3 Å². The van der Waals surface area contributed by atoms with Crippen molar-refractivity contribution in [2.24, 2.45) is 5.92 Å². The molecule has 6 heteroatoms. The molecule has 0 bridgehead atoms. The second-order valence-electron chi connectivity index (χ2n) is 7.94. The van der Waals surface area contributed by atoms with Crippen LogP contribution in [-0.2, 0) is 16.1 Å². The Kier molecular flexibility index (Phi) is 5.25. The van der Waals surface area contributed by atoms with Crippen molar-refractivity contribution in [2.45, 2.75) is 31.9 Å². The summed E-state index contributed by atoms with van der Waals surface area (Å²) in [6, 6.07) is 8.59. The molecule has 1 N–H and O–H groups in total. The van der Waals surface area contributed by atoms with Gasteiger partial charge < -0.3 is 14.7 Å². The number of hydrogen-bond donors (Lipinski definition) is 1. The molecule has 27 heavy (non-hydrogen) atoms. The molecule has 2 aliphatic rings. The van der Waals surface area contributed by atoms with Crippen LogP contribution in [0.2, 0.25) is 0 Å². The predicted octanol–water partition coefficient (Wildman–Crippen LogP) is 2.64. The number of likely N-dealkylation sites (tertiary alicyclic amines) is 2. The zero-order chi connectivity index (χ0) is 19.0. The lowest BCUT2D eigenvalue weighted by Gasteiger charge is -2.50. The number of methoxy groups -OCH3 is 1. The van der Waals surface area contributed by atoms with Crippen molar-refractivity contribution in [1.29, 1.82) is 0 Å². The molecule has 2 atom stereocenters. The number of nitrogens with zero attached hydrogens (tertiary/aromatic N) is 2. The van der Waals surface area contributed by atoms with Crippen LogP contribution in [0, 0.1) is 12.8 Å². The minimum Gasteiger partial charge on any atom is -0.389 e. The van der Waals surface area contributed by atoms with Crippen LogP contribution in [0.4, 0.5) is 0 Å². The first kappa shape index (κ1) is 18.9. The number of aliphatic hydroxyl groups is 1. The van der Waals surface area contributed by atoms with E-state index in [1.807, 2.05) is 16.2 Å². The molecule has 1 aromatic heterocycles. The average Bonchev–Trinajstić information content (AvgIpc) is 2.97. The lowest BCUT2D eigenvalue weighted by molar-refractivity contribution is -0.150. The van der Waals surface area contributed by atoms with Crippen molar-refractivity contribution in [3.8, 4) is 0 Å². The number of benzene rings is 1. The molecule has 0 unspecified atom stereocenters. The van der Waals surface area contributed by atoms with Gasteiger partial charge in [-0.15, -0.1) is 11.3 Å². The minimum atomic E-state index is -0.633. The lowest BCUT2D eigenvalue weighted by Crippen LogP contribution is -2.60. The number of carbonyl (C=O) groups excluding carboxylic acids is 1. The van der Waals surface area contributed by atoms with Crippen molar-refractivity contribution < 1.29 is 14.6 Å². The van der Waals surface area contributed by atoms with E-state index in [1.165, 1.54) is 20.5 Å². The molecular weight excluding hydrogens is 360 g/mol. The van der Waals surface area contributed by atoms with E-state index in [-0.39, 0.29) is 18.4 Å². The van der Waals surface area contributed by atoms with E-state index < -0.39 is 5.60 Å². The molecule has 4 rings (SSSR count). The van der Waals surface area contributed by atoms with Gasteiger partial charge >= 0.3 is 0 Å². The van der Waals surface area contributed by atoms with Crippen LogP contribution in [0.25, 0.3) is 10.1 Å². The molecule has 1 amide bonds. The van der Waals surface area contributed by atoms with Gasteiger partial charge in [0.1, 0.15) is 6.61 Å². The number of thiophene rings is 1. The first-order valence-electron chi connectivity index (χ1n) is 9.68. The lowest BCUT2D eigenvalue weighted by atomic mass is 9.75. The number of rotatable bonds is 4. The summed E-state index contributed by atoms with van der Waals surface area (Å²) in [5, 5.41) is 12.4. The summed E-state index contributed by atoms with van der Waals surface area (Å²) in [6.45, 7) is 6.22. The molecule has 2 saturated heterocycles. The molecule has 0 spiro atoms. The zero-order valence-corrected chi connectivity index (χ0v) is 16.9. The van der Waals surface area contributed by atoms with E-state index in [1.54, 1.807) is 7.11 Å². The van der Waals surface area contributed by atoms with Crippen molar-refractivity contribution in [3.05, 3.63) is 34.7 Å². The van der Waals surface area contributed by atoms with Crippen LogP contribution < -0.4 is 0 Å². The second kappa shape index (κ2) is 7.51. The van der Waals surface area contributed by atoms with Gasteiger partial charge in [0.2, 0.25) is 5.91 Å². The summed E-state index contributed by atoms with van der Waals surface area (Å²) in [6.07, 6.45) is 1.45. The normalized spacial score (nSPS) is 26.3. The topological polar surface area (TPSA) is 53.0 Å². The van der Waals surface area contributed by atoms with Gasteiger partial charge in [0.25, 0.3) is 0 Å². The zero-order valence-electron chi connectivity index (χ0n) is 16.1. The Morgan fingerprint density at radius 1 is 1.30 bits per heavy atom. The van der Waals surface area contributed by atoms with Crippen molar-refractivity contribution in [2.75, 3.05) is 39.9 Å². The van der Waals surface area contributed by atoms with E-state index in [0.717, 1.165) is 26.1 Å². The van der Waals surface area contributed by atoms with Gasteiger partial charge in [-0.05, 0) is 36.8 Å². The largest absolute Gasteiger partial charge is 0.389 e. The molecule has 2 fully saturated rings. The van der Waals surface area contributed by atoms with E-state index in [0.29, 0.717) is 19.5 Å². The van der Waals surface area contributed by atoms with Gasteiger partial charge in [-0.2, -0.15) is 0 Å². The van der Waals surface area contributed by atoms with Crippen LogP contribution >= 0.6 is 11.3 Å². The first-order chi connectivity index (χ1) is 13.0. The number of carbonyl (C=O) groups is 1. The Labute approximate surface area is 164 Å². The van der Waals surface area contributed by atoms with E-state index in [4.69, 9.17) is 4.74 Å². The van der Waals surface area contributed by atoms with Gasteiger partial charge in [-0.1, -0.05) is 18.2 Å². The summed E-state index contributed by atoms with van der Waals surface area (Å²) in [4.78, 5) is 17.9. The smallest absolute Gasteiger partial charge is 0.248 e. The Hall–Kier alpha value is -1.47. The molecule has 2 aromatic rings. The number of aryl methyl sites for hydroxylation is 1. The number of fused-ring (bicyclic) bond motifs is 2. The van der Waals surface area contributed by atoms with Crippen LogP contribution in [-0.4, -0.2) is 66.3 Å². The van der Waals surface area contributed by atoms with E-state index in [2.05, 4.69) is 36.1 Å². The highest BCUT2D eigenvalue weighted by molar-refractivity contribution is 7.19. The molecule has 146 valence electrons.